The van der Waals surface area contributed by atoms with Gasteiger partial charge in [-0.05, 0) is 42.9 Å². The molecule has 2 aliphatic heterocycles. The molecule has 130 valence electrons. The van der Waals surface area contributed by atoms with Gasteiger partial charge in [0.15, 0.2) is 11.5 Å². The first-order valence-corrected chi connectivity index (χ1v) is 9.41. The van der Waals surface area contributed by atoms with E-state index in [0.29, 0.717) is 16.7 Å². The van der Waals surface area contributed by atoms with Gasteiger partial charge in [-0.2, -0.15) is 0 Å². The number of nitrogens with zero attached hydrogens (tertiary/aromatic N) is 2. The van der Waals surface area contributed by atoms with Crippen LogP contribution >= 0.6 is 11.3 Å². The Hall–Kier alpha value is -2.12. The standard InChI is InChI=1S/C18H19N3O3S/c19-13-3-1-11-7-21(8-12(11)13)18(22)16-6-20-17(25-16)10-2-4-14-15(5-10)24-9-23-14/h2,4-6,11-13H,1,3,7-9,19H2. The topological polar surface area (TPSA) is 77.7 Å². The van der Waals surface area contributed by atoms with E-state index in [0.717, 1.165) is 48.0 Å². The maximum Gasteiger partial charge on any atom is 0.265 e. The summed E-state index contributed by atoms with van der Waals surface area (Å²) in [5.74, 6) is 2.58. The number of carbonyl (C=O) groups is 1. The summed E-state index contributed by atoms with van der Waals surface area (Å²) in [6.45, 7) is 1.86. The molecule has 5 rings (SSSR count). The highest BCUT2D eigenvalue weighted by Gasteiger charge is 2.42. The minimum Gasteiger partial charge on any atom is -0.454 e. The molecule has 1 amide bonds. The number of amides is 1. The first-order valence-electron chi connectivity index (χ1n) is 8.60. The van der Waals surface area contributed by atoms with Crippen LogP contribution in [0, 0.1) is 11.8 Å². The summed E-state index contributed by atoms with van der Waals surface area (Å²) in [7, 11) is 0. The molecule has 1 saturated carbocycles. The Labute approximate surface area is 149 Å². The molecule has 0 radical (unpaired) electrons. The molecule has 1 aromatic carbocycles. The number of benzene rings is 1. The van der Waals surface area contributed by atoms with E-state index in [1.165, 1.54) is 11.3 Å². The molecule has 6 nitrogen and oxygen atoms in total. The Morgan fingerprint density at radius 1 is 1.24 bits per heavy atom. The number of likely N-dealkylation sites (tertiary alicyclic amines) is 1. The number of rotatable bonds is 2. The smallest absolute Gasteiger partial charge is 0.265 e. The fourth-order valence-corrected chi connectivity index (χ4v) is 5.05. The lowest BCUT2D eigenvalue weighted by atomic mass is 9.98. The van der Waals surface area contributed by atoms with E-state index < -0.39 is 0 Å². The van der Waals surface area contributed by atoms with Gasteiger partial charge in [-0.1, -0.05) is 0 Å². The van der Waals surface area contributed by atoms with Crippen LogP contribution < -0.4 is 15.2 Å². The first kappa shape index (κ1) is 15.2. The highest BCUT2D eigenvalue weighted by Crippen LogP contribution is 2.39. The van der Waals surface area contributed by atoms with Crippen molar-refractivity contribution in [2.75, 3.05) is 19.9 Å². The van der Waals surface area contributed by atoms with Crippen molar-refractivity contribution in [3.05, 3.63) is 29.3 Å². The van der Waals surface area contributed by atoms with Crippen molar-refractivity contribution < 1.29 is 14.3 Å². The van der Waals surface area contributed by atoms with Crippen molar-refractivity contribution in [3.8, 4) is 22.1 Å². The molecule has 3 atom stereocenters. The number of nitrogens with two attached hydrogens (primary N) is 1. The summed E-state index contributed by atoms with van der Waals surface area (Å²) in [5, 5.41) is 0.817. The summed E-state index contributed by atoms with van der Waals surface area (Å²) < 4.78 is 10.8. The first-order chi connectivity index (χ1) is 12.2. The van der Waals surface area contributed by atoms with Crippen LogP contribution in [0.4, 0.5) is 0 Å². The molecule has 2 fully saturated rings. The lowest BCUT2D eigenvalue weighted by Gasteiger charge is -2.17. The van der Waals surface area contributed by atoms with Gasteiger partial charge >= 0.3 is 0 Å². The van der Waals surface area contributed by atoms with Crippen LogP contribution in [-0.2, 0) is 0 Å². The Bertz CT molecular complexity index is 837. The number of hydrogen-bond acceptors (Lipinski definition) is 6. The van der Waals surface area contributed by atoms with Gasteiger partial charge in [-0.15, -0.1) is 11.3 Å². The van der Waals surface area contributed by atoms with Crippen molar-refractivity contribution in [3.63, 3.8) is 0 Å². The van der Waals surface area contributed by atoms with E-state index in [-0.39, 0.29) is 18.7 Å². The summed E-state index contributed by atoms with van der Waals surface area (Å²) >= 11 is 1.43. The van der Waals surface area contributed by atoms with E-state index in [1.54, 1.807) is 6.20 Å². The van der Waals surface area contributed by atoms with E-state index >= 15 is 0 Å². The molecule has 0 bridgehead atoms. The molecule has 1 aliphatic carbocycles. The number of carbonyl (C=O) groups excluding carboxylic acids is 1. The van der Waals surface area contributed by atoms with Crippen LogP contribution in [0.5, 0.6) is 11.5 Å². The predicted molar refractivity (Wildman–Crippen MR) is 93.8 cm³/mol. The minimum absolute atomic E-state index is 0.0751. The van der Waals surface area contributed by atoms with Crippen LogP contribution in [0.1, 0.15) is 22.5 Å². The molecule has 3 unspecified atom stereocenters. The van der Waals surface area contributed by atoms with Gasteiger partial charge in [-0.25, -0.2) is 4.98 Å². The molecule has 25 heavy (non-hydrogen) atoms. The second-order valence-corrected chi connectivity index (χ2v) is 8.00. The normalized spacial score (nSPS) is 26.9. The Kier molecular flexibility index (Phi) is 3.46. The van der Waals surface area contributed by atoms with Gasteiger partial charge < -0.3 is 20.1 Å². The maximum absolute atomic E-state index is 12.8. The van der Waals surface area contributed by atoms with Crippen LogP contribution in [0.3, 0.4) is 0 Å². The number of hydrogen-bond donors (Lipinski definition) is 1. The molecule has 2 N–H and O–H groups in total. The summed E-state index contributed by atoms with van der Waals surface area (Å²) in [6.07, 6.45) is 3.91. The van der Waals surface area contributed by atoms with Gasteiger partial charge in [-0.3, -0.25) is 4.79 Å². The van der Waals surface area contributed by atoms with Crippen LogP contribution in [0.2, 0.25) is 0 Å². The fraction of sp³-hybridized carbons (Fsp3) is 0.444. The Morgan fingerprint density at radius 2 is 2.12 bits per heavy atom. The lowest BCUT2D eigenvalue weighted by molar-refractivity contribution is 0.0784. The van der Waals surface area contributed by atoms with Gasteiger partial charge in [0.25, 0.3) is 5.91 Å². The number of fused-ring (bicyclic) bond motifs is 2. The van der Waals surface area contributed by atoms with E-state index in [2.05, 4.69) is 4.98 Å². The van der Waals surface area contributed by atoms with Crippen LogP contribution in [-0.4, -0.2) is 41.7 Å². The van der Waals surface area contributed by atoms with Gasteiger partial charge in [0, 0.05) is 24.7 Å². The van der Waals surface area contributed by atoms with Crippen LogP contribution in [0.15, 0.2) is 24.4 Å². The molecule has 3 heterocycles. The van der Waals surface area contributed by atoms with Gasteiger partial charge in [0.1, 0.15) is 9.88 Å². The van der Waals surface area contributed by atoms with Gasteiger partial charge in [0.05, 0.1) is 6.20 Å². The number of thiazole rings is 1. The SMILES string of the molecule is NC1CCC2CN(C(=O)c3cnc(-c4ccc5c(c4)OCO5)s3)CC12. The molecular weight excluding hydrogens is 338 g/mol. The van der Waals surface area contributed by atoms with Crippen molar-refractivity contribution >= 4 is 17.2 Å². The molecule has 3 aliphatic rings. The third-order valence-electron chi connectivity index (χ3n) is 5.54. The quantitative estimate of drug-likeness (QED) is 0.893. The second-order valence-electron chi connectivity index (χ2n) is 6.97. The van der Waals surface area contributed by atoms with E-state index in [4.69, 9.17) is 15.2 Å². The monoisotopic (exact) mass is 357 g/mol. The average Bonchev–Trinajstić information content (AvgIpc) is 3.39. The van der Waals surface area contributed by atoms with Crippen molar-refractivity contribution in [2.24, 2.45) is 17.6 Å². The largest absolute Gasteiger partial charge is 0.454 e. The molecule has 1 aromatic heterocycles. The van der Waals surface area contributed by atoms with Crippen molar-refractivity contribution in [2.45, 2.75) is 18.9 Å². The van der Waals surface area contributed by atoms with Gasteiger partial charge in [0.2, 0.25) is 6.79 Å². The van der Waals surface area contributed by atoms with E-state index in [1.807, 2.05) is 23.1 Å². The average molecular weight is 357 g/mol. The molecule has 0 spiro atoms. The Morgan fingerprint density at radius 3 is 3.00 bits per heavy atom. The number of aromatic nitrogens is 1. The van der Waals surface area contributed by atoms with Crippen molar-refractivity contribution in [1.82, 2.24) is 9.88 Å². The van der Waals surface area contributed by atoms with Crippen LogP contribution in [0.25, 0.3) is 10.6 Å². The third-order valence-corrected chi connectivity index (χ3v) is 6.57. The molecular formula is C18H19N3O3S. The summed E-state index contributed by atoms with van der Waals surface area (Å²) in [6, 6.07) is 5.98. The number of ether oxygens (including phenoxy) is 2. The summed E-state index contributed by atoms with van der Waals surface area (Å²) in [4.78, 5) is 19.9. The molecule has 7 heteroatoms. The zero-order valence-electron chi connectivity index (χ0n) is 13.7. The summed E-state index contributed by atoms with van der Waals surface area (Å²) in [5.41, 5.74) is 7.11. The second kappa shape index (κ2) is 5.71. The minimum atomic E-state index is 0.0751. The fourth-order valence-electron chi connectivity index (χ4n) is 4.17. The molecule has 2 aromatic rings. The van der Waals surface area contributed by atoms with Crippen molar-refractivity contribution in [1.29, 1.82) is 0 Å². The third kappa shape index (κ3) is 2.49. The predicted octanol–water partition coefficient (Wildman–Crippen LogP) is 2.35. The molecule has 1 saturated heterocycles. The Balaban J connectivity index is 1.35. The maximum atomic E-state index is 12.8. The zero-order valence-corrected chi connectivity index (χ0v) is 14.5. The van der Waals surface area contributed by atoms with E-state index in [9.17, 15) is 4.79 Å². The lowest BCUT2D eigenvalue weighted by Crippen LogP contribution is -2.33. The highest BCUT2D eigenvalue weighted by molar-refractivity contribution is 7.16. The zero-order chi connectivity index (χ0) is 17.0. The highest BCUT2D eigenvalue weighted by atomic mass is 32.1.